The molecule has 29 heavy (non-hydrogen) atoms. The number of halogens is 1. The summed E-state index contributed by atoms with van der Waals surface area (Å²) in [7, 11) is 1.84. The predicted molar refractivity (Wildman–Crippen MR) is 131 cm³/mol. The van der Waals surface area contributed by atoms with Crippen LogP contribution < -0.4 is 15.0 Å². The molecular weight excluding hydrogens is 499 g/mol. The van der Waals surface area contributed by atoms with Crippen LogP contribution in [0.2, 0.25) is 0 Å². The maximum atomic E-state index is 5.62. The Labute approximate surface area is 194 Å². The van der Waals surface area contributed by atoms with E-state index in [2.05, 4.69) is 55.4 Å². The van der Waals surface area contributed by atoms with Gasteiger partial charge in [-0.3, -0.25) is 4.99 Å². The third kappa shape index (κ3) is 6.18. The number of piperazine rings is 1. The summed E-state index contributed by atoms with van der Waals surface area (Å²) in [6.07, 6.45) is 0.887. The van der Waals surface area contributed by atoms with E-state index < -0.39 is 0 Å². The lowest BCUT2D eigenvalue weighted by atomic mass is 10.1. The number of aliphatic imine (C=N–C) groups is 1. The number of ether oxygens (including phenoxy) is 1. The van der Waals surface area contributed by atoms with Gasteiger partial charge in [0, 0.05) is 57.7 Å². The number of anilines is 1. The van der Waals surface area contributed by atoms with Crippen molar-refractivity contribution in [1.82, 2.24) is 19.6 Å². The van der Waals surface area contributed by atoms with Crippen molar-refractivity contribution in [2.45, 2.75) is 33.7 Å². The maximum absolute atomic E-state index is 5.62. The third-order valence-corrected chi connectivity index (χ3v) is 5.64. The van der Waals surface area contributed by atoms with Gasteiger partial charge in [0.1, 0.15) is 11.6 Å². The highest BCUT2D eigenvalue weighted by atomic mass is 127. The molecule has 3 rings (SSSR count). The van der Waals surface area contributed by atoms with E-state index in [1.165, 1.54) is 17.1 Å². The van der Waals surface area contributed by atoms with Gasteiger partial charge in [0.2, 0.25) is 5.13 Å². The quantitative estimate of drug-likeness (QED) is 0.351. The van der Waals surface area contributed by atoms with Gasteiger partial charge in [-0.2, -0.15) is 4.37 Å². The molecule has 0 aliphatic carbocycles. The average molecular weight is 530 g/mol. The topological polar surface area (TPSA) is 65.9 Å². The van der Waals surface area contributed by atoms with Crippen LogP contribution in [-0.4, -0.2) is 60.1 Å². The standard InChI is InChI=1S/C20H30N6OS.HI/c1-5-18-23-20(28-24-18)26-11-9-25(10-12-26)19(21-4)22-14-16-7-8-17(27-6-2)15(3)13-16;/h7-8,13H,5-6,9-12,14H2,1-4H3,(H,21,22);1H. The molecule has 1 aromatic heterocycles. The largest absolute Gasteiger partial charge is 0.494 e. The van der Waals surface area contributed by atoms with Gasteiger partial charge in [-0.1, -0.05) is 19.1 Å². The van der Waals surface area contributed by atoms with Gasteiger partial charge >= 0.3 is 0 Å². The Bertz CT molecular complexity index is 804. The van der Waals surface area contributed by atoms with Gasteiger partial charge in [0.05, 0.1) is 6.61 Å². The Balaban J connectivity index is 0.00000300. The van der Waals surface area contributed by atoms with Gasteiger partial charge in [-0.15, -0.1) is 24.0 Å². The molecular formula is C20H31IN6OS. The van der Waals surface area contributed by atoms with Crippen molar-refractivity contribution in [3.63, 3.8) is 0 Å². The van der Waals surface area contributed by atoms with Crippen LogP contribution in [0.1, 0.15) is 30.8 Å². The highest BCUT2D eigenvalue weighted by Gasteiger charge is 2.22. The molecule has 0 atom stereocenters. The number of guanidine groups is 1. The number of aromatic nitrogens is 2. The smallest absolute Gasteiger partial charge is 0.205 e. The summed E-state index contributed by atoms with van der Waals surface area (Å²) < 4.78 is 10.0. The molecule has 1 aliphatic heterocycles. The molecule has 9 heteroatoms. The minimum atomic E-state index is 0. The summed E-state index contributed by atoms with van der Waals surface area (Å²) in [6.45, 7) is 11.3. The zero-order valence-corrected chi connectivity index (χ0v) is 20.8. The van der Waals surface area contributed by atoms with E-state index in [4.69, 9.17) is 4.74 Å². The fraction of sp³-hybridized carbons (Fsp3) is 0.550. The Morgan fingerprint density at radius 1 is 1.24 bits per heavy atom. The molecule has 0 spiro atoms. The molecule has 0 bridgehead atoms. The molecule has 0 unspecified atom stereocenters. The molecule has 1 saturated heterocycles. The van der Waals surface area contributed by atoms with E-state index in [0.29, 0.717) is 6.61 Å². The van der Waals surface area contributed by atoms with Crippen LogP contribution in [0.5, 0.6) is 5.75 Å². The lowest BCUT2D eigenvalue weighted by molar-refractivity contribution is 0.337. The number of rotatable bonds is 6. The second kappa shape index (κ2) is 11.5. The number of nitrogens with zero attached hydrogens (tertiary/aromatic N) is 5. The lowest BCUT2D eigenvalue weighted by Crippen LogP contribution is -2.52. The van der Waals surface area contributed by atoms with E-state index in [1.54, 1.807) is 0 Å². The highest BCUT2D eigenvalue weighted by molar-refractivity contribution is 14.0. The van der Waals surface area contributed by atoms with Crippen LogP contribution in [0.15, 0.2) is 23.2 Å². The summed E-state index contributed by atoms with van der Waals surface area (Å²) in [5, 5.41) is 4.52. The fourth-order valence-electron chi connectivity index (χ4n) is 3.28. The fourth-order valence-corrected chi connectivity index (χ4v) is 4.08. The average Bonchev–Trinajstić information content (AvgIpc) is 3.20. The summed E-state index contributed by atoms with van der Waals surface area (Å²) in [4.78, 5) is 13.7. The van der Waals surface area contributed by atoms with Crippen molar-refractivity contribution in [3.05, 3.63) is 35.2 Å². The SMILES string of the molecule is CCOc1ccc(CNC(=NC)N2CCN(c3nc(CC)ns3)CC2)cc1C.I. The van der Waals surface area contributed by atoms with Crippen molar-refractivity contribution in [1.29, 1.82) is 0 Å². The molecule has 2 aromatic rings. The van der Waals surface area contributed by atoms with Crippen molar-refractivity contribution >= 4 is 46.6 Å². The summed E-state index contributed by atoms with van der Waals surface area (Å²) >= 11 is 1.50. The van der Waals surface area contributed by atoms with E-state index in [0.717, 1.165) is 67.4 Å². The monoisotopic (exact) mass is 530 g/mol. The highest BCUT2D eigenvalue weighted by Crippen LogP contribution is 2.20. The Morgan fingerprint density at radius 2 is 2.00 bits per heavy atom. The zero-order valence-electron chi connectivity index (χ0n) is 17.6. The number of benzene rings is 1. The molecule has 0 radical (unpaired) electrons. The molecule has 1 N–H and O–H groups in total. The number of hydrogen-bond acceptors (Lipinski definition) is 6. The first-order chi connectivity index (χ1) is 13.6. The van der Waals surface area contributed by atoms with Crippen molar-refractivity contribution in [2.75, 3.05) is 44.7 Å². The van der Waals surface area contributed by atoms with Gasteiger partial charge in [0.15, 0.2) is 5.96 Å². The first kappa shape index (κ1) is 23.7. The van der Waals surface area contributed by atoms with Gasteiger partial charge in [0.25, 0.3) is 0 Å². The zero-order chi connectivity index (χ0) is 19.9. The first-order valence-electron chi connectivity index (χ1n) is 9.90. The summed E-state index contributed by atoms with van der Waals surface area (Å²) in [5.74, 6) is 2.83. The van der Waals surface area contributed by atoms with Crippen LogP contribution in [0.25, 0.3) is 0 Å². The molecule has 2 heterocycles. The van der Waals surface area contributed by atoms with E-state index >= 15 is 0 Å². The Morgan fingerprint density at radius 3 is 2.59 bits per heavy atom. The molecule has 0 saturated carbocycles. The van der Waals surface area contributed by atoms with Gasteiger partial charge < -0.3 is 19.9 Å². The minimum Gasteiger partial charge on any atom is -0.494 e. The van der Waals surface area contributed by atoms with Crippen molar-refractivity contribution in [3.8, 4) is 5.75 Å². The lowest BCUT2D eigenvalue weighted by Gasteiger charge is -2.36. The van der Waals surface area contributed by atoms with Gasteiger partial charge in [-0.25, -0.2) is 4.98 Å². The number of nitrogens with one attached hydrogen (secondary N) is 1. The van der Waals surface area contributed by atoms with E-state index in [9.17, 15) is 0 Å². The number of hydrogen-bond donors (Lipinski definition) is 1. The number of aryl methyl sites for hydroxylation is 2. The molecule has 7 nitrogen and oxygen atoms in total. The Kier molecular flexibility index (Phi) is 9.41. The molecule has 0 amide bonds. The third-order valence-electron chi connectivity index (χ3n) is 4.82. The normalized spacial score (nSPS) is 14.6. The second-order valence-electron chi connectivity index (χ2n) is 6.75. The Hall–Kier alpha value is -1.62. The first-order valence-corrected chi connectivity index (χ1v) is 10.7. The molecule has 1 aliphatic rings. The molecule has 1 fully saturated rings. The minimum absolute atomic E-state index is 0. The van der Waals surface area contributed by atoms with Crippen molar-refractivity contribution < 1.29 is 4.74 Å². The maximum Gasteiger partial charge on any atom is 0.205 e. The van der Waals surface area contributed by atoms with E-state index in [1.807, 2.05) is 20.0 Å². The molecule has 1 aromatic carbocycles. The van der Waals surface area contributed by atoms with Crippen LogP contribution in [0.4, 0.5) is 5.13 Å². The van der Waals surface area contributed by atoms with E-state index in [-0.39, 0.29) is 24.0 Å². The molecule has 160 valence electrons. The van der Waals surface area contributed by atoms with Gasteiger partial charge in [-0.05, 0) is 31.0 Å². The summed E-state index contributed by atoms with van der Waals surface area (Å²) in [6, 6.07) is 6.32. The van der Waals surface area contributed by atoms with Crippen LogP contribution >= 0.6 is 35.5 Å². The van der Waals surface area contributed by atoms with Crippen LogP contribution in [0, 0.1) is 6.92 Å². The summed E-state index contributed by atoms with van der Waals surface area (Å²) in [5.41, 5.74) is 2.38. The van der Waals surface area contributed by atoms with Crippen LogP contribution in [-0.2, 0) is 13.0 Å². The predicted octanol–water partition coefficient (Wildman–Crippen LogP) is 3.32. The second-order valence-corrected chi connectivity index (χ2v) is 7.48. The van der Waals surface area contributed by atoms with Crippen molar-refractivity contribution in [2.24, 2.45) is 4.99 Å². The van der Waals surface area contributed by atoms with Crippen LogP contribution in [0.3, 0.4) is 0 Å².